The molecule has 7 heteroatoms. The highest BCUT2D eigenvalue weighted by atomic mass is 19.1. The average Bonchev–Trinajstić information content (AvgIpc) is 2.78. The fourth-order valence-electron chi connectivity index (χ4n) is 4.23. The van der Waals surface area contributed by atoms with Gasteiger partial charge in [-0.1, -0.05) is 32.0 Å². The van der Waals surface area contributed by atoms with E-state index in [0.717, 1.165) is 29.2 Å². The van der Waals surface area contributed by atoms with Crippen molar-refractivity contribution in [2.75, 3.05) is 6.54 Å². The first kappa shape index (κ1) is 26.4. The normalized spacial score (nSPS) is 13.0. The van der Waals surface area contributed by atoms with Gasteiger partial charge >= 0.3 is 0 Å². The van der Waals surface area contributed by atoms with Gasteiger partial charge in [0.15, 0.2) is 0 Å². The maximum atomic E-state index is 13.6. The Hall–Kier alpha value is -3.16. The van der Waals surface area contributed by atoms with E-state index in [-0.39, 0.29) is 18.9 Å². The number of amides is 1. The van der Waals surface area contributed by atoms with Crippen LogP contribution in [0, 0.1) is 17.6 Å². The molecule has 0 saturated carbocycles. The fraction of sp³-hybridized carbons (Fsp3) is 0.357. The number of carbonyl (C=O) groups is 1. The number of aromatic nitrogens is 1. The van der Waals surface area contributed by atoms with Gasteiger partial charge < -0.3 is 15.7 Å². The predicted molar refractivity (Wildman–Crippen MR) is 134 cm³/mol. The maximum Gasteiger partial charge on any atom is 0.217 e. The molecule has 1 aromatic heterocycles. The maximum absolute atomic E-state index is 13.6. The molecule has 0 aliphatic heterocycles. The summed E-state index contributed by atoms with van der Waals surface area (Å²) in [6.45, 7) is 6.39. The van der Waals surface area contributed by atoms with E-state index in [2.05, 4.69) is 47.7 Å². The molecule has 5 nitrogen and oxygen atoms in total. The molecule has 1 amide bonds. The second-order valence-electron chi connectivity index (χ2n) is 9.31. The lowest BCUT2D eigenvalue weighted by molar-refractivity contribution is -0.120. The van der Waals surface area contributed by atoms with Gasteiger partial charge in [-0.05, 0) is 70.8 Å². The number of halogens is 2. The Balaban J connectivity index is 1.73. The van der Waals surface area contributed by atoms with E-state index in [1.165, 1.54) is 24.6 Å². The number of hydrogen-bond donors (Lipinski definition) is 3. The monoisotopic (exact) mass is 481 g/mol. The van der Waals surface area contributed by atoms with Crippen LogP contribution < -0.4 is 10.6 Å². The number of aliphatic hydroxyl groups is 1. The number of carbonyl (C=O) groups excluding carboxylic acids is 1. The Bertz CT molecular complexity index is 1100. The third kappa shape index (κ3) is 8.23. The lowest BCUT2D eigenvalue weighted by Gasteiger charge is -2.24. The smallest absolute Gasteiger partial charge is 0.217 e. The van der Waals surface area contributed by atoms with Crippen molar-refractivity contribution in [1.29, 1.82) is 0 Å². The van der Waals surface area contributed by atoms with Gasteiger partial charge in [-0.3, -0.25) is 9.78 Å². The summed E-state index contributed by atoms with van der Waals surface area (Å²) in [4.78, 5) is 15.8. The lowest BCUT2D eigenvalue weighted by Crippen LogP contribution is -2.48. The molecule has 0 unspecified atom stereocenters. The summed E-state index contributed by atoms with van der Waals surface area (Å²) >= 11 is 0. The molecular formula is C28H33F2N3O2. The van der Waals surface area contributed by atoms with E-state index < -0.39 is 23.8 Å². The molecule has 0 aliphatic carbocycles. The molecule has 3 aromatic rings. The van der Waals surface area contributed by atoms with Crippen molar-refractivity contribution in [2.45, 2.75) is 52.3 Å². The Morgan fingerprint density at radius 3 is 2.29 bits per heavy atom. The Morgan fingerprint density at radius 1 is 0.971 bits per heavy atom. The van der Waals surface area contributed by atoms with Crippen molar-refractivity contribution in [3.8, 4) is 11.1 Å². The summed E-state index contributed by atoms with van der Waals surface area (Å²) < 4.78 is 27.2. The number of rotatable bonds is 11. The van der Waals surface area contributed by atoms with Crippen LogP contribution in [0.15, 0.2) is 60.9 Å². The van der Waals surface area contributed by atoms with E-state index >= 15 is 0 Å². The van der Waals surface area contributed by atoms with E-state index in [1.807, 2.05) is 12.1 Å². The van der Waals surface area contributed by atoms with Crippen LogP contribution in [0.4, 0.5) is 8.78 Å². The summed E-state index contributed by atoms with van der Waals surface area (Å²) in [5.74, 6) is -1.19. The van der Waals surface area contributed by atoms with E-state index in [9.17, 15) is 18.7 Å². The van der Waals surface area contributed by atoms with Crippen molar-refractivity contribution in [2.24, 2.45) is 5.92 Å². The minimum absolute atomic E-state index is 0.100. The molecule has 35 heavy (non-hydrogen) atoms. The Labute approximate surface area is 205 Å². The van der Waals surface area contributed by atoms with Gasteiger partial charge in [-0.15, -0.1) is 0 Å². The average molecular weight is 482 g/mol. The van der Waals surface area contributed by atoms with Gasteiger partial charge in [0.25, 0.3) is 0 Å². The molecule has 2 aromatic carbocycles. The molecule has 2 atom stereocenters. The van der Waals surface area contributed by atoms with Crippen molar-refractivity contribution in [3.63, 3.8) is 0 Å². The standard InChI is InChI=1S/C28H33F2N3O2/c1-18(2)10-20-4-5-26(22-6-8-31-9-7-22)23(11-20)16-32-17-28(35)27(33-19(3)34)14-21-12-24(29)15-25(30)13-21/h4-9,11-13,15,18,27-28,32,35H,10,14,16-17H2,1-3H3,(H,33,34)/t27-,28-/m0/s1. The molecule has 186 valence electrons. The van der Waals surface area contributed by atoms with Crippen molar-refractivity contribution >= 4 is 5.91 Å². The highest BCUT2D eigenvalue weighted by Gasteiger charge is 2.21. The summed E-state index contributed by atoms with van der Waals surface area (Å²) in [5.41, 5.74) is 4.82. The molecule has 0 aliphatic rings. The summed E-state index contributed by atoms with van der Waals surface area (Å²) in [6.07, 6.45) is 3.61. The van der Waals surface area contributed by atoms with Crippen LogP contribution in [-0.4, -0.2) is 34.7 Å². The summed E-state index contributed by atoms with van der Waals surface area (Å²) in [7, 11) is 0. The van der Waals surface area contributed by atoms with Gasteiger partial charge in [0.2, 0.25) is 5.91 Å². The fourth-order valence-corrected chi connectivity index (χ4v) is 4.23. The molecule has 0 bridgehead atoms. The van der Waals surface area contributed by atoms with Crippen LogP contribution in [0.2, 0.25) is 0 Å². The molecule has 3 rings (SSSR count). The van der Waals surface area contributed by atoms with Crippen LogP contribution in [0.5, 0.6) is 0 Å². The lowest BCUT2D eigenvalue weighted by atomic mass is 9.94. The van der Waals surface area contributed by atoms with Crippen molar-refractivity contribution < 1.29 is 18.7 Å². The molecule has 0 spiro atoms. The Morgan fingerprint density at radius 2 is 1.66 bits per heavy atom. The number of nitrogens with zero attached hydrogens (tertiary/aromatic N) is 1. The van der Waals surface area contributed by atoms with Crippen LogP contribution in [0.1, 0.15) is 37.5 Å². The third-order valence-electron chi connectivity index (χ3n) is 5.70. The molecule has 0 saturated heterocycles. The molecule has 0 fully saturated rings. The minimum Gasteiger partial charge on any atom is -0.390 e. The van der Waals surface area contributed by atoms with Crippen LogP contribution >= 0.6 is 0 Å². The first-order chi connectivity index (χ1) is 16.7. The van der Waals surface area contributed by atoms with Crippen LogP contribution in [-0.2, 0) is 24.2 Å². The van der Waals surface area contributed by atoms with Crippen LogP contribution in [0.3, 0.4) is 0 Å². The highest BCUT2D eigenvalue weighted by Crippen LogP contribution is 2.25. The second kappa shape index (κ2) is 12.5. The predicted octanol–water partition coefficient (Wildman–Crippen LogP) is 4.42. The third-order valence-corrected chi connectivity index (χ3v) is 5.70. The minimum atomic E-state index is -0.964. The van der Waals surface area contributed by atoms with Crippen LogP contribution in [0.25, 0.3) is 11.1 Å². The first-order valence-electron chi connectivity index (χ1n) is 11.8. The van der Waals surface area contributed by atoms with E-state index in [4.69, 9.17) is 0 Å². The highest BCUT2D eigenvalue weighted by molar-refractivity contribution is 5.73. The largest absolute Gasteiger partial charge is 0.390 e. The number of hydrogen-bond acceptors (Lipinski definition) is 4. The zero-order valence-corrected chi connectivity index (χ0v) is 20.4. The van der Waals surface area contributed by atoms with E-state index in [1.54, 1.807) is 12.4 Å². The van der Waals surface area contributed by atoms with Gasteiger partial charge in [-0.2, -0.15) is 0 Å². The molecule has 1 heterocycles. The van der Waals surface area contributed by atoms with Gasteiger partial charge in [0.1, 0.15) is 11.6 Å². The Kier molecular flexibility index (Phi) is 9.46. The summed E-state index contributed by atoms with van der Waals surface area (Å²) in [5, 5.41) is 16.8. The summed E-state index contributed by atoms with van der Waals surface area (Å²) in [6, 6.07) is 12.9. The van der Waals surface area contributed by atoms with Crippen molar-refractivity contribution in [3.05, 3.63) is 89.2 Å². The molecule has 0 radical (unpaired) electrons. The zero-order valence-electron chi connectivity index (χ0n) is 20.4. The number of nitrogens with one attached hydrogen (secondary N) is 2. The topological polar surface area (TPSA) is 74.2 Å². The SMILES string of the molecule is CC(=O)N[C@@H](Cc1cc(F)cc(F)c1)[C@@H](O)CNCc1cc(CC(C)C)ccc1-c1ccncc1. The number of benzene rings is 2. The number of pyridine rings is 1. The first-order valence-corrected chi connectivity index (χ1v) is 11.8. The van der Waals surface area contributed by atoms with Gasteiger partial charge in [0, 0.05) is 38.5 Å². The molecular weight excluding hydrogens is 448 g/mol. The van der Waals surface area contributed by atoms with Gasteiger partial charge in [-0.25, -0.2) is 8.78 Å². The van der Waals surface area contributed by atoms with Gasteiger partial charge in [0.05, 0.1) is 12.1 Å². The second-order valence-corrected chi connectivity index (χ2v) is 9.31. The molecule has 3 N–H and O–H groups in total. The quantitative estimate of drug-likeness (QED) is 0.379. The van der Waals surface area contributed by atoms with Crippen molar-refractivity contribution in [1.82, 2.24) is 15.6 Å². The van der Waals surface area contributed by atoms with E-state index in [0.29, 0.717) is 18.0 Å². The zero-order chi connectivity index (χ0) is 25.4. The number of aliphatic hydroxyl groups excluding tert-OH is 1.